The van der Waals surface area contributed by atoms with Crippen LogP contribution in [0.1, 0.15) is 28.7 Å². The summed E-state index contributed by atoms with van der Waals surface area (Å²) in [4.78, 5) is 13.4. The third-order valence-corrected chi connectivity index (χ3v) is 5.12. The van der Waals surface area contributed by atoms with Gasteiger partial charge >= 0.3 is 6.09 Å². The third-order valence-electron chi connectivity index (χ3n) is 5.12. The van der Waals surface area contributed by atoms with Crippen molar-refractivity contribution in [3.8, 4) is 11.9 Å². The van der Waals surface area contributed by atoms with Crippen molar-refractivity contribution in [3.63, 3.8) is 0 Å². The van der Waals surface area contributed by atoms with Crippen LogP contribution in [0.5, 0.6) is 5.88 Å². The zero-order chi connectivity index (χ0) is 21.1. The Morgan fingerprint density at radius 1 is 1.33 bits per heavy atom. The predicted molar refractivity (Wildman–Crippen MR) is 111 cm³/mol. The minimum absolute atomic E-state index is 0.275. The van der Waals surface area contributed by atoms with Gasteiger partial charge in [0.15, 0.2) is 5.58 Å². The molecule has 2 heterocycles. The molecule has 1 amide bonds. The van der Waals surface area contributed by atoms with E-state index in [-0.39, 0.29) is 6.09 Å². The first kappa shape index (κ1) is 19.5. The Bertz CT molecular complexity index is 1170. The highest BCUT2D eigenvalue weighted by molar-refractivity contribution is 5.91. The van der Waals surface area contributed by atoms with E-state index in [0.29, 0.717) is 43.1 Å². The number of aromatic nitrogens is 1. The summed E-state index contributed by atoms with van der Waals surface area (Å²) in [6.07, 6.45) is 2.46. The Balaban J connectivity index is 1.76. The van der Waals surface area contributed by atoms with Crippen molar-refractivity contribution in [3.05, 3.63) is 64.7 Å². The third kappa shape index (κ3) is 3.72. The molecular formula is C23H21N3O4. The molecule has 1 saturated heterocycles. The van der Waals surface area contributed by atoms with Gasteiger partial charge in [-0.25, -0.2) is 4.79 Å². The lowest BCUT2D eigenvalue weighted by atomic mass is 9.93. The van der Waals surface area contributed by atoms with Crippen molar-refractivity contribution in [2.75, 3.05) is 26.8 Å². The highest BCUT2D eigenvalue weighted by Gasteiger charge is 2.21. The second-order valence-electron chi connectivity index (χ2n) is 7.06. The topological polar surface area (TPSA) is 88.6 Å². The maximum absolute atomic E-state index is 11.7. The number of nitrogens with zero attached hydrogens (tertiary/aromatic N) is 3. The van der Waals surface area contributed by atoms with Crippen LogP contribution in [0.25, 0.3) is 16.5 Å². The quantitative estimate of drug-likeness (QED) is 0.610. The average Bonchev–Trinajstić information content (AvgIpc) is 3.37. The molecule has 2 aromatic carbocycles. The van der Waals surface area contributed by atoms with E-state index in [1.54, 1.807) is 18.1 Å². The van der Waals surface area contributed by atoms with Crippen LogP contribution in [0.3, 0.4) is 0 Å². The minimum atomic E-state index is -0.275. The van der Waals surface area contributed by atoms with Crippen LogP contribution in [-0.4, -0.2) is 43.0 Å². The molecule has 0 atom stereocenters. The molecule has 0 unspecified atom stereocenters. The zero-order valence-electron chi connectivity index (χ0n) is 16.8. The Kier molecular flexibility index (Phi) is 5.40. The van der Waals surface area contributed by atoms with Crippen LogP contribution in [0.15, 0.2) is 47.0 Å². The van der Waals surface area contributed by atoms with Crippen molar-refractivity contribution < 1.29 is 18.8 Å². The fourth-order valence-corrected chi connectivity index (χ4v) is 3.65. The van der Waals surface area contributed by atoms with Crippen LogP contribution in [0.4, 0.5) is 4.79 Å². The number of fused-ring (bicyclic) bond motifs is 1. The Labute approximate surface area is 174 Å². The molecule has 1 aromatic heterocycles. The number of ether oxygens (including phenoxy) is 2. The first-order valence-electron chi connectivity index (χ1n) is 9.67. The molecule has 0 bridgehead atoms. The van der Waals surface area contributed by atoms with Gasteiger partial charge in [-0.15, -0.1) is 0 Å². The predicted octanol–water partition coefficient (Wildman–Crippen LogP) is 4.29. The standard InChI is InChI=1S/C23H21N3O4/c1-15-11-18(13-20-21(15)30-25-22(20)28-2)19(17-6-3-5-16(12-17)14-24)7-4-8-26-9-10-29-23(26)27/h3,5-7,11-13H,4,8-10H2,1-2H3/b19-7+. The van der Waals surface area contributed by atoms with Gasteiger partial charge in [0.2, 0.25) is 0 Å². The average molecular weight is 403 g/mol. The van der Waals surface area contributed by atoms with Gasteiger partial charge < -0.3 is 18.9 Å². The molecule has 0 aliphatic carbocycles. The van der Waals surface area contributed by atoms with Gasteiger partial charge in [-0.05, 0) is 65.0 Å². The summed E-state index contributed by atoms with van der Waals surface area (Å²) in [6, 6.07) is 13.7. The van der Waals surface area contributed by atoms with Crippen molar-refractivity contribution in [1.29, 1.82) is 5.26 Å². The van der Waals surface area contributed by atoms with Crippen molar-refractivity contribution in [1.82, 2.24) is 10.1 Å². The molecule has 30 heavy (non-hydrogen) atoms. The molecule has 152 valence electrons. The lowest BCUT2D eigenvalue weighted by molar-refractivity contribution is 0.159. The Morgan fingerprint density at radius 2 is 2.20 bits per heavy atom. The van der Waals surface area contributed by atoms with Gasteiger partial charge in [0, 0.05) is 6.54 Å². The maximum atomic E-state index is 11.7. The number of amides is 1. The number of benzene rings is 2. The van der Waals surface area contributed by atoms with Gasteiger partial charge in [0.1, 0.15) is 6.61 Å². The smallest absolute Gasteiger partial charge is 0.409 e. The number of nitriles is 1. The molecule has 1 aliphatic rings. The van der Waals surface area contributed by atoms with Crippen LogP contribution in [-0.2, 0) is 4.74 Å². The molecule has 3 aromatic rings. The summed E-state index contributed by atoms with van der Waals surface area (Å²) >= 11 is 0. The van der Waals surface area contributed by atoms with E-state index < -0.39 is 0 Å². The van der Waals surface area contributed by atoms with E-state index in [1.165, 1.54) is 0 Å². The van der Waals surface area contributed by atoms with E-state index in [0.717, 1.165) is 27.6 Å². The lowest BCUT2D eigenvalue weighted by Gasteiger charge is -2.13. The van der Waals surface area contributed by atoms with Crippen LogP contribution in [0, 0.1) is 18.3 Å². The maximum Gasteiger partial charge on any atom is 0.409 e. The number of cyclic esters (lactones) is 1. The summed E-state index contributed by atoms with van der Waals surface area (Å²) in [5.74, 6) is 0.430. The molecule has 0 N–H and O–H groups in total. The molecule has 0 radical (unpaired) electrons. The Hall–Kier alpha value is -3.79. The molecule has 7 heteroatoms. The molecule has 4 rings (SSSR count). The van der Waals surface area contributed by atoms with Gasteiger partial charge in [-0.2, -0.15) is 5.26 Å². The molecule has 7 nitrogen and oxygen atoms in total. The molecule has 0 saturated carbocycles. The van der Waals surface area contributed by atoms with E-state index in [2.05, 4.69) is 17.3 Å². The Morgan fingerprint density at radius 3 is 2.93 bits per heavy atom. The summed E-state index contributed by atoms with van der Waals surface area (Å²) < 4.78 is 15.7. The van der Waals surface area contributed by atoms with Gasteiger partial charge in [-0.3, -0.25) is 0 Å². The van der Waals surface area contributed by atoms with E-state index >= 15 is 0 Å². The zero-order valence-corrected chi connectivity index (χ0v) is 16.8. The molecular weight excluding hydrogens is 382 g/mol. The monoisotopic (exact) mass is 403 g/mol. The molecule has 0 spiro atoms. The number of aryl methyl sites for hydroxylation is 1. The number of rotatable bonds is 6. The summed E-state index contributed by atoms with van der Waals surface area (Å²) in [5, 5.41) is 14.1. The van der Waals surface area contributed by atoms with E-state index in [9.17, 15) is 10.1 Å². The van der Waals surface area contributed by atoms with Gasteiger partial charge in [0.05, 0.1) is 30.7 Å². The van der Waals surface area contributed by atoms with Gasteiger partial charge in [0.25, 0.3) is 5.88 Å². The number of carbonyl (C=O) groups is 1. The van der Waals surface area contributed by atoms with E-state index in [1.807, 2.05) is 37.3 Å². The molecule has 1 fully saturated rings. The molecule has 1 aliphatic heterocycles. The minimum Gasteiger partial charge on any atom is -0.478 e. The number of carbonyl (C=O) groups excluding carboxylic acids is 1. The summed E-state index contributed by atoms with van der Waals surface area (Å²) in [7, 11) is 1.56. The van der Waals surface area contributed by atoms with Crippen LogP contribution >= 0.6 is 0 Å². The lowest BCUT2D eigenvalue weighted by Crippen LogP contribution is -2.24. The van der Waals surface area contributed by atoms with Crippen molar-refractivity contribution in [2.45, 2.75) is 13.3 Å². The normalized spacial score (nSPS) is 14.1. The first-order chi connectivity index (χ1) is 14.6. The fourth-order valence-electron chi connectivity index (χ4n) is 3.65. The largest absolute Gasteiger partial charge is 0.478 e. The summed E-state index contributed by atoms with van der Waals surface area (Å²) in [6.45, 7) is 3.57. The van der Waals surface area contributed by atoms with Gasteiger partial charge in [-0.1, -0.05) is 18.2 Å². The van der Waals surface area contributed by atoms with Crippen LogP contribution < -0.4 is 4.74 Å². The number of hydrogen-bond donors (Lipinski definition) is 0. The highest BCUT2D eigenvalue weighted by atomic mass is 16.6. The van der Waals surface area contributed by atoms with Crippen molar-refractivity contribution >= 4 is 22.6 Å². The summed E-state index contributed by atoms with van der Waals surface area (Å²) in [5.41, 5.74) is 5.05. The van der Waals surface area contributed by atoms with Crippen molar-refractivity contribution in [2.24, 2.45) is 0 Å². The van der Waals surface area contributed by atoms with E-state index in [4.69, 9.17) is 14.0 Å². The second kappa shape index (κ2) is 8.29. The fraction of sp³-hybridized carbons (Fsp3) is 0.261. The number of methoxy groups -OCH3 is 1. The highest BCUT2D eigenvalue weighted by Crippen LogP contribution is 2.33. The van der Waals surface area contributed by atoms with Crippen LogP contribution in [0.2, 0.25) is 0 Å². The first-order valence-corrected chi connectivity index (χ1v) is 9.67. The second-order valence-corrected chi connectivity index (χ2v) is 7.06. The SMILES string of the molecule is COc1noc2c(C)cc(/C(=C/CCN3CCOC3=O)c3cccc(C#N)c3)cc12. The number of hydrogen-bond acceptors (Lipinski definition) is 6.